The third kappa shape index (κ3) is 4.60. The Bertz CT molecular complexity index is 1000. The zero-order chi connectivity index (χ0) is 20.2. The summed E-state index contributed by atoms with van der Waals surface area (Å²) in [7, 11) is 3.39. The average molecular weight is 429 g/mol. The van der Waals surface area contributed by atoms with Gasteiger partial charge in [-0.05, 0) is 56.3 Å². The van der Waals surface area contributed by atoms with Gasteiger partial charge in [-0.25, -0.2) is 4.68 Å². The quantitative estimate of drug-likeness (QED) is 0.648. The van der Waals surface area contributed by atoms with E-state index in [0.717, 1.165) is 43.0 Å². The predicted octanol–water partition coefficient (Wildman–Crippen LogP) is 3.03. The van der Waals surface area contributed by atoms with Crippen LogP contribution in [0.15, 0.2) is 42.6 Å². The summed E-state index contributed by atoms with van der Waals surface area (Å²) in [4.78, 5) is 21.8. The fraction of sp³-hybridized carbons (Fsp3) is 0.333. The number of pyridine rings is 1. The van der Waals surface area contributed by atoms with Crippen molar-refractivity contribution in [2.45, 2.75) is 18.8 Å². The van der Waals surface area contributed by atoms with E-state index in [1.165, 1.54) is 0 Å². The Morgan fingerprint density at radius 3 is 2.73 bits per heavy atom. The number of methoxy groups -OCH3 is 1. The molecule has 4 rings (SSSR count). The van der Waals surface area contributed by atoms with Crippen molar-refractivity contribution in [3.05, 3.63) is 54.0 Å². The first-order valence-corrected chi connectivity index (χ1v) is 9.68. The standard InChI is InChI=1S/C21H24N6O2.ClH/c1-27-21(24-19(26-27)14-8-11-22-12-9-14)25-20(28)15-6-7-18(29-2)16(13-15)17-5-3-4-10-23-17;/h3-7,10,13-14,22H,8-9,11-12H2,1-2H3,(H,24,25,26,28);1H. The molecule has 0 aliphatic carbocycles. The van der Waals surface area contributed by atoms with Crippen molar-refractivity contribution in [2.24, 2.45) is 7.05 Å². The maximum Gasteiger partial charge on any atom is 0.258 e. The van der Waals surface area contributed by atoms with Gasteiger partial charge in [-0.15, -0.1) is 12.4 Å². The minimum absolute atomic E-state index is 0. The number of anilines is 1. The zero-order valence-electron chi connectivity index (χ0n) is 17.0. The molecular weight excluding hydrogens is 404 g/mol. The minimum atomic E-state index is -0.253. The van der Waals surface area contributed by atoms with Gasteiger partial charge in [-0.3, -0.25) is 15.1 Å². The fourth-order valence-electron chi connectivity index (χ4n) is 3.51. The van der Waals surface area contributed by atoms with Crippen LogP contribution < -0.4 is 15.4 Å². The molecule has 0 radical (unpaired) electrons. The van der Waals surface area contributed by atoms with Gasteiger partial charge in [-0.2, -0.15) is 10.1 Å². The van der Waals surface area contributed by atoms with Crippen molar-refractivity contribution < 1.29 is 9.53 Å². The summed E-state index contributed by atoms with van der Waals surface area (Å²) in [6, 6.07) is 10.9. The van der Waals surface area contributed by atoms with Crippen LogP contribution in [0.3, 0.4) is 0 Å². The number of carbonyl (C=O) groups is 1. The second kappa shape index (κ2) is 9.69. The number of ether oxygens (including phenoxy) is 1. The maximum atomic E-state index is 12.9. The highest BCUT2D eigenvalue weighted by Gasteiger charge is 2.22. The number of rotatable bonds is 5. The van der Waals surface area contributed by atoms with Crippen molar-refractivity contribution in [3.63, 3.8) is 0 Å². The van der Waals surface area contributed by atoms with Crippen molar-refractivity contribution in [1.82, 2.24) is 25.1 Å². The molecule has 30 heavy (non-hydrogen) atoms. The normalized spacial score (nSPS) is 14.1. The number of benzene rings is 1. The van der Waals surface area contributed by atoms with Gasteiger partial charge in [0.1, 0.15) is 5.75 Å². The average Bonchev–Trinajstić information content (AvgIpc) is 3.14. The molecule has 8 nitrogen and oxygen atoms in total. The first-order chi connectivity index (χ1) is 14.2. The molecule has 0 saturated carbocycles. The van der Waals surface area contributed by atoms with Gasteiger partial charge in [0.2, 0.25) is 5.95 Å². The Balaban J connectivity index is 0.00000256. The fourth-order valence-corrected chi connectivity index (χ4v) is 3.51. The first-order valence-electron chi connectivity index (χ1n) is 9.68. The van der Waals surface area contributed by atoms with E-state index in [0.29, 0.717) is 23.2 Å². The third-order valence-electron chi connectivity index (χ3n) is 5.11. The van der Waals surface area contributed by atoms with E-state index in [1.807, 2.05) is 18.2 Å². The number of halogens is 1. The Kier molecular flexibility index (Phi) is 7.02. The van der Waals surface area contributed by atoms with E-state index in [9.17, 15) is 4.79 Å². The third-order valence-corrected chi connectivity index (χ3v) is 5.11. The highest BCUT2D eigenvalue weighted by atomic mass is 35.5. The van der Waals surface area contributed by atoms with E-state index < -0.39 is 0 Å². The van der Waals surface area contributed by atoms with Crippen LogP contribution in [0.25, 0.3) is 11.3 Å². The smallest absolute Gasteiger partial charge is 0.258 e. The molecule has 2 aromatic heterocycles. The summed E-state index contributed by atoms with van der Waals surface area (Å²) in [6.45, 7) is 1.93. The van der Waals surface area contributed by atoms with Gasteiger partial charge in [0, 0.05) is 30.3 Å². The Morgan fingerprint density at radius 2 is 2.03 bits per heavy atom. The highest BCUT2D eigenvalue weighted by molar-refractivity contribution is 6.04. The molecule has 1 aromatic carbocycles. The van der Waals surface area contributed by atoms with E-state index in [4.69, 9.17) is 4.74 Å². The van der Waals surface area contributed by atoms with E-state index >= 15 is 0 Å². The van der Waals surface area contributed by atoms with Crippen molar-refractivity contribution >= 4 is 24.3 Å². The molecule has 1 amide bonds. The summed E-state index contributed by atoms with van der Waals surface area (Å²) in [5, 5.41) is 10.7. The van der Waals surface area contributed by atoms with Gasteiger partial charge in [0.25, 0.3) is 5.91 Å². The number of nitrogens with one attached hydrogen (secondary N) is 2. The molecular formula is C21H25ClN6O2. The maximum absolute atomic E-state index is 12.9. The molecule has 0 atom stereocenters. The van der Waals surface area contributed by atoms with Gasteiger partial charge < -0.3 is 10.1 Å². The van der Waals surface area contributed by atoms with Gasteiger partial charge >= 0.3 is 0 Å². The number of hydrogen-bond acceptors (Lipinski definition) is 6. The van der Waals surface area contributed by atoms with Crippen molar-refractivity contribution in [1.29, 1.82) is 0 Å². The monoisotopic (exact) mass is 428 g/mol. The Morgan fingerprint density at radius 1 is 1.23 bits per heavy atom. The molecule has 1 aliphatic heterocycles. The lowest BCUT2D eigenvalue weighted by Crippen LogP contribution is -2.27. The molecule has 1 saturated heterocycles. The zero-order valence-corrected chi connectivity index (χ0v) is 17.8. The number of hydrogen-bond donors (Lipinski definition) is 2. The van der Waals surface area contributed by atoms with E-state index in [-0.39, 0.29) is 18.3 Å². The molecule has 2 N–H and O–H groups in total. The number of amides is 1. The van der Waals surface area contributed by atoms with Crippen molar-refractivity contribution in [2.75, 3.05) is 25.5 Å². The van der Waals surface area contributed by atoms with Crippen LogP contribution in [-0.2, 0) is 7.05 Å². The van der Waals surface area contributed by atoms with E-state index in [2.05, 4.69) is 25.7 Å². The number of carbonyl (C=O) groups excluding carboxylic acids is 1. The molecule has 3 aromatic rings. The second-order valence-corrected chi connectivity index (χ2v) is 7.03. The molecule has 158 valence electrons. The number of aryl methyl sites for hydroxylation is 1. The summed E-state index contributed by atoms with van der Waals surface area (Å²) in [5.74, 6) is 1.96. The summed E-state index contributed by atoms with van der Waals surface area (Å²) in [5.41, 5.74) is 2.00. The number of aromatic nitrogens is 4. The second-order valence-electron chi connectivity index (χ2n) is 7.03. The largest absolute Gasteiger partial charge is 0.496 e. The summed E-state index contributed by atoms with van der Waals surface area (Å²) >= 11 is 0. The predicted molar refractivity (Wildman–Crippen MR) is 117 cm³/mol. The molecule has 0 unspecified atom stereocenters. The van der Waals surface area contributed by atoms with Gasteiger partial charge in [0.15, 0.2) is 5.82 Å². The van der Waals surface area contributed by atoms with Crippen LogP contribution in [0.1, 0.15) is 34.9 Å². The summed E-state index contributed by atoms with van der Waals surface area (Å²) in [6.07, 6.45) is 3.72. The topological polar surface area (TPSA) is 94.0 Å². The van der Waals surface area contributed by atoms with Crippen LogP contribution in [0.4, 0.5) is 5.95 Å². The van der Waals surface area contributed by atoms with Crippen molar-refractivity contribution in [3.8, 4) is 17.0 Å². The molecule has 1 fully saturated rings. The van der Waals surface area contributed by atoms with Crippen LogP contribution in [0.2, 0.25) is 0 Å². The lowest BCUT2D eigenvalue weighted by Gasteiger charge is -2.19. The summed E-state index contributed by atoms with van der Waals surface area (Å²) < 4.78 is 7.06. The lowest BCUT2D eigenvalue weighted by atomic mass is 9.98. The number of piperidine rings is 1. The number of nitrogens with zero attached hydrogens (tertiary/aromatic N) is 4. The first kappa shape index (κ1) is 21.7. The van der Waals surface area contributed by atoms with Gasteiger partial charge in [0.05, 0.1) is 12.8 Å². The van der Waals surface area contributed by atoms with Crippen LogP contribution in [-0.4, -0.2) is 45.9 Å². The highest BCUT2D eigenvalue weighted by Crippen LogP contribution is 2.30. The molecule has 9 heteroatoms. The Hall–Kier alpha value is -2.97. The molecule has 0 bridgehead atoms. The molecule has 0 spiro atoms. The Labute approximate surface area is 181 Å². The van der Waals surface area contributed by atoms with Crippen LogP contribution >= 0.6 is 12.4 Å². The van der Waals surface area contributed by atoms with Crippen LogP contribution in [0, 0.1) is 0 Å². The molecule has 1 aliphatic rings. The lowest BCUT2D eigenvalue weighted by molar-refractivity contribution is 0.102. The van der Waals surface area contributed by atoms with E-state index in [1.54, 1.807) is 43.2 Å². The molecule has 3 heterocycles. The SMILES string of the molecule is COc1ccc(C(=O)Nc2nc(C3CCNCC3)nn2C)cc1-c1ccccn1.Cl. The van der Waals surface area contributed by atoms with Gasteiger partial charge in [-0.1, -0.05) is 6.07 Å². The minimum Gasteiger partial charge on any atom is -0.496 e. The van der Waals surface area contributed by atoms with Crippen LogP contribution in [0.5, 0.6) is 5.75 Å².